The minimum absolute atomic E-state index is 0.167. The molecular formula is C18H15BrN2O2S. The molecule has 24 heavy (non-hydrogen) atoms. The molecule has 1 aliphatic rings. The van der Waals surface area contributed by atoms with Gasteiger partial charge in [0.2, 0.25) is 0 Å². The second kappa shape index (κ2) is 6.83. The highest BCUT2D eigenvalue weighted by Gasteiger charge is 2.23. The van der Waals surface area contributed by atoms with Crippen LogP contribution in [0.2, 0.25) is 0 Å². The fourth-order valence-corrected chi connectivity index (χ4v) is 3.44. The van der Waals surface area contributed by atoms with Crippen LogP contribution in [0.1, 0.15) is 16.7 Å². The van der Waals surface area contributed by atoms with Crippen LogP contribution in [-0.2, 0) is 4.79 Å². The summed E-state index contributed by atoms with van der Waals surface area (Å²) in [6.45, 7) is 3.68. The minimum Gasteiger partial charge on any atom is -0.507 e. The number of phenolic OH excluding ortho intramolecular Hbond substituents is 1. The normalized spacial score (nSPS) is 17.5. The number of hydrogen-bond acceptors (Lipinski definition) is 4. The second-order valence-electron chi connectivity index (χ2n) is 5.46. The molecule has 0 saturated carbocycles. The number of amides is 1. The maximum atomic E-state index is 12.1. The minimum atomic E-state index is -0.167. The summed E-state index contributed by atoms with van der Waals surface area (Å²) in [6, 6.07) is 11.3. The van der Waals surface area contributed by atoms with E-state index in [0.29, 0.717) is 10.1 Å². The van der Waals surface area contributed by atoms with Crippen LogP contribution >= 0.6 is 27.7 Å². The Morgan fingerprint density at radius 1 is 1.17 bits per heavy atom. The number of amidine groups is 1. The summed E-state index contributed by atoms with van der Waals surface area (Å²) < 4.78 is 0.980. The number of phenols is 1. The van der Waals surface area contributed by atoms with Crippen molar-refractivity contribution in [1.29, 1.82) is 0 Å². The Balaban J connectivity index is 1.86. The molecule has 2 aromatic rings. The van der Waals surface area contributed by atoms with Crippen molar-refractivity contribution in [3.63, 3.8) is 0 Å². The average molecular weight is 403 g/mol. The lowest BCUT2D eigenvalue weighted by molar-refractivity contribution is -0.115. The van der Waals surface area contributed by atoms with Gasteiger partial charge in [-0.15, -0.1) is 0 Å². The van der Waals surface area contributed by atoms with Gasteiger partial charge in [-0.1, -0.05) is 15.9 Å². The molecule has 1 saturated heterocycles. The molecule has 3 rings (SSSR count). The summed E-state index contributed by atoms with van der Waals surface area (Å²) in [7, 11) is 0. The first kappa shape index (κ1) is 16.8. The highest BCUT2D eigenvalue weighted by Crippen LogP contribution is 2.30. The van der Waals surface area contributed by atoms with E-state index >= 15 is 0 Å². The van der Waals surface area contributed by atoms with Crippen LogP contribution in [0.5, 0.6) is 5.75 Å². The van der Waals surface area contributed by atoms with Crippen molar-refractivity contribution < 1.29 is 9.90 Å². The zero-order chi connectivity index (χ0) is 17.3. The Hall–Kier alpha value is -2.05. The Morgan fingerprint density at radius 2 is 1.79 bits per heavy atom. The number of hydrogen-bond donors (Lipinski definition) is 2. The van der Waals surface area contributed by atoms with Crippen LogP contribution in [0.15, 0.2) is 50.8 Å². The number of carbonyl (C=O) groups is 1. The van der Waals surface area contributed by atoms with E-state index in [1.807, 2.05) is 56.3 Å². The number of nitrogens with zero attached hydrogens (tertiary/aromatic N) is 1. The van der Waals surface area contributed by atoms with Crippen LogP contribution in [0.3, 0.4) is 0 Å². The van der Waals surface area contributed by atoms with Gasteiger partial charge in [0, 0.05) is 4.47 Å². The Kier molecular flexibility index (Phi) is 4.78. The summed E-state index contributed by atoms with van der Waals surface area (Å²) in [4.78, 5) is 17.1. The van der Waals surface area contributed by atoms with E-state index in [2.05, 4.69) is 26.2 Å². The molecule has 0 aromatic heterocycles. The fraction of sp³-hybridized carbons (Fsp3) is 0.111. The first-order chi connectivity index (χ1) is 11.4. The quantitative estimate of drug-likeness (QED) is 0.717. The molecule has 6 heteroatoms. The van der Waals surface area contributed by atoms with Crippen molar-refractivity contribution in [1.82, 2.24) is 5.32 Å². The molecule has 122 valence electrons. The Bertz CT molecular complexity index is 850. The predicted octanol–water partition coefficient (Wildman–Crippen LogP) is 4.66. The Labute approximate surface area is 152 Å². The molecule has 0 atom stereocenters. The third-order valence-corrected chi connectivity index (χ3v) is 4.96. The van der Waals surface area contributed by atoms with E-state index in [1.54, 1.807) is 0 Å². The number of carbonyl (C=O) groups excluding carboxylic acids is 1. The molecule has 0 bridgehead atoms. The summed E-state index contributed by atoms with van der Waals surface area (Å²) in [5.74, 6) is 0.123. The molecule has 1 aliphatic heterocycles. The molecule has 1 amide bonds. The number of rotatable bonds is 2. The van der Waals surface area contributed by atoms with Gasteiger partial charge in [0.15, 0.2) is 5.17 Å². The fourth-order valence-electron chi connectivity index (χ4n) is 2.34. The maximum absolute atomic E-state index is 12.1. The highest BCUT2D eigenvalue weighted by molar-refractivity contribution is 9.10. The van der Waals surface area contributed by atoms with Gasteiger partial charge >= 0.3 is 0 Å². The van der Waals surface area contributed by atoms with Gasteiger partial charge < -0.3 is 10.4 Å². The first-order valence-electron chi connectivity index (χ1n) is 7.28. The van der Waals surface area contributed by atoms with Crippen LogP contribution in [0.25, 0.3) is 6.08 Å². The molecule has 4 nitrogen and oxygen atoms in total. The molecule has 0 aliphatic carbocycles. The zero-order valence-corrected chi connectivity index (χ0v) is 15.5. The first-order valence-corrected chi connectivity index (χ1v) is 8.89. The summed E-state index contributed by atoms with van der Waals surface area (Å²) >= 11 is 4.69. The summed E-state index contributed by atoms with van der Waals surface area (Å²) in [6.07, 6.45) is 1.81. The number of benzene rings is 2. The van der Waals surface area contributed by atoms with Gasteiger partial charge in [0.05, 0.1) is 10.6 Å². The molecule has 1 heterocycles. The number of aromatic hydroxyl groups is 1. The third-order valence-electron chi connectivity index (χ3n) is 3.52. The number of nitrogens with one attached hydrogen (secondary N) is 1. The number of thioether (sulfide) groups is 1. The monoisotopic (exact) mass is 402 g/mol. The molecule has 2 N–H and O–H groups in total. The SMILES string of the molecule is Cc1cc(C=C2SC(=Nc3ccc(Br)cc3)NC2=O)cc(C)c1O. The van der Waals surface area contributed by atoms with E-state index < -0.39 is 0 Å². The van der Waals surface area contributed by atoms with Crippen molar-refractivity contribution in [3.8, 4) is 5.75 Å². The standard InChI is InChI=1S/C18H15BrN2O2S/c1-10-7-12(8-11(2)16(10)22)9-15-17(23)21-18(24-15)20-14-5-3-13(19)4-6-14/h3-9,22H,1-2H3,(H,20,21,23). The summed E-state index contributed by atoms with van der Waals surface area (Å²) in [5.41, 5.74) is 3.23. The van der Waals surface area contributed by atoms with E-state index in [9.17, 15) is 9.90 Å². The van der Waals surface area contributed by atoms with Gasteiger partial charge in [-0.05, 0) is 84.8 Å². The smallest absolute Gasteiger partial charge is 0.264 e. The van der Waals surface area contributed by atoms with Crippen LogP contribution in [0.4, 0.5) is 5.69 Å². The van der Waals surface area contributed by atoms with Crippen LogP contribution < -0.4 is 5.32 Å². The Morgan fingerprint density at radius 3 is 2.42 bits per heavy atom. The van der Waals surface area contributed by atoms with Crippen LogP contribution in [0, 0.1) is 13.8 Å². The summed E-state index contributed by atoms with van der Waals surface area (Å²) in [5, 5.41) is 13.2. The molecular weight excluding hydrogens is 388 g/mol. The van der Waals surface area contributed by atoms with E-state index in [0.717, 1.165) is 26.9 Å². The van der Waals surface area contributed by atoms with E-state index in [4.69, 9.17) is 0 Å². The van der Waals surface area contributed by atoms with Gasteiger partial charge in [-0.2, -0.15) is 0 Å². The predicted molar refractivity (Wildman–Crippen MR) is 103 cm³/mol. The van der Waals surface area contributed by atoms with Crippen molar-refractivity contribution in [2.45, 2.75) is 13.8 Å². The molecule has 1 fully saturated rings. The molecule has 0 spiro atoms. The lowest BCUT2D eigenvalue weighted by Crippen LogP contribution is -2.19. The molecule has 0 unspecified atom stereocenters. The van der Waals surface area contributed by atoms with Crippen molar-refractivity contribution in [2.75, 3.05) is 0 Å². The third kappa shape index (κ3) is 3.71. The topological polar surface area (TPSA) is 61.7 Å². The van der Waals surface area contributed by atoms with Gasteiger partial charge in [-0.3, -0.25) is 4.79 Å². The molecule has 0 radical (unpaired) electrons. The van der Waals surface area contributed by atoms with Gasteiger partial charge in [-0.25, -0.2) is 4.99 Å². The van der Waals surface area contributed by atoms with Crippen molar-refractivity contribution >= 4 is 50.5 Å². The largest absolute Gasteiger partial charge is 0.507 e. The van der Waals surface area contributed by atoms with Gasteiger partial charge in [0.25, 0.3) is 5.91 Å². The second-order valence-corrected chi connectivity index (χ2v) is 7.41. The van der Waals surface area contributed by atoms with Crippen molar-refractivity contribution in [3.05, 3.63) is 62.5 Å². The number of aryl methyl sites for hydroxylation is 2. The van der Waals surface area contributed by atoms with E-state index in [1.165, 1.54) is 11.8 Å². The lowest BCUT2D eigenvalue weighted by Gasteiger charge is -2.05. The van der Waals surface area contributed by atoms with Crippen molar-refractivity contribution in [2.24, 2.45) is 4.99 Å². The van der Waals surface area contributed by atoms with E-state index in [-0.39, 0.29) is 11.7 Å². The average Bonchev–Trinajstić information content (AvgIpc) is 2.87. The maximum Gasteiger partial charge on any atom is 0.264 e. The van der Waals surface area contributed by atoms with Gasteiger partial charge in [0.1, 0.15) is 5.75 Å². The highest BCUT2D eigenvalue weighted by atomic mass is 79.9. The lowest BCUT2D eigenvalue weighted by atomic mass is 10.1. The number of halogens is 1. The number of aliphatic imine (C=N–C) groups is 1. The van der Waals surface area contributed by atoms with Crippen LogP contribution in [-0.4, -0.2) is 16.2 Å². The zero-order valence-electron chi connectivity index (χ0n) is 13.1. The molecule has 2 aromatic carbocycles.